The number of nitrogens with one attached hydrogen (secondary N) is 2. The number of nitrogen functional groups attached to an aromatic ring is 1. The second-order valence-electron chi connectivity index (χ2n) is 10.4. The van der Waals surface area contributed by atoms with Gasteiger partial charge in [0.1, 0.15) is 29.9 Å². The molecule has 4 aromatic rings. The molecule has 1 fully saturated rings. The van der Waals surface area contributed by atoms with Crippen LogP contribution in [0.25, 0.3) is 22.2 Å². The Morgan fingerprint density at radius 2 is 1.93 bits per heavy atom. The SMILES string of the molecule is CC1(C)[C@H](NC(=O)/C(=N\O[C@@H](COc2ccc(-c3ccc4nc(CN)[nH]c4c3)cc2)C(=O)O)c2csc(N)n2)C(=O)N1OS(=O)O. The molecule has 0 bridgehead atoms. The first-order chi connectivity index (χ1) is 21.9. The van der Waals surface area contributed by atoms with Gasteiger partial charge in [0.25, 0.3) is 17.9 Å². The minimum atomic E-state index is -2.77. The van der Waals surface area contributed by atoms with E-state index in [4.69, 9.17) is 25.6 Å². The number of anilines is 1. The molecule has 17 nitrogen and oxygen atoms in total. The third-order valence-electron chi connectivity index (χ3n) is 6.93. The summed E-state index contributed by atoms with van der Waals surface area (Å²) in [7, 11) is 0. The van der Waals surface area contributed by atoms with Crippen LogP contribution in [0.4, 0.5) is 5.13 Å². The number of nitrogens with zero attached hydrogens (tertiary/aromatic N) is 4. The van der Waals surface area contributed by atoms with Gasteiger partial charge in [-0.05, 0) is 49.2 Å². The summed E-state index contributed by atoms with van der Waals surface area (Å²) in [5, 5.41) is 18.1. The molecule has 0 aliphatic carbocycles. The maximum Gasteiger partial charge on any atom is 0.351 e. The van der Waals surface area contributed by atoms with Gasteiger partial charge in [0.2, 0.25) is 0 Å². The molecule has 0 spiro atoms. The molecular formula is C27H28N8O9S2. The zero-order chi connectivity index (χ0) is 33.2. The van der Waals surface area contributed by atoms with Crippen LogP contribution >= 0.6 is 11.3 Å². The van der Waals surface area contributed by atoms with E-state index in [2.05, 4.69) is 29.7 Å². The van der Waals surface area contributed by atoms with Gasteiger partial charge in [-0.3, -0.25) is 14.1 Å². The summed E-state index contributed by atoms with van der Waals surface area (Å²) in [4.78, 5) is 54.4. The van der Waals surface area contributed by atoms with Crippen molar-refractivity contribution < 1.29 is 42.1 Å². The quantitative estimate of drug-likeness (QED) is 0.0505. The highest BCUT2D eigenvalue weighted by Crippen LogP contribution is 2.32. The number of rotatable bonds is 13. The monoisotopic (exact) mass is 672 g/mol. The van der Waals surface area contributed by atoms with Crippen LogP contribution in [0.15, 0.2) is 53.0 Å². The number of imidazole rings is 1. The van der Waals surface area contributed by atoms with Crippen molar-refractivity contribution in [1.82, 2.24) is 25.3 Å². The van der Waals surface area contributed by atoms with Crippen molar-refractivity contribution in [2.45, 2.75) is 38.1 Å². The third-order valence-corrected chi connectivity index (χ3v) is 7.88. The molecule has 3 heterocycles. The maximum absolute atomic E-state index is 13.2. The van der Waals surface area contributed by atoms with Crippen molar-refractivity contribution in [3.8, 4) is 16.9 Å². The predicted octanol–water partition coefficient (Wildman–Crippen LogP) is 1.15. The molecule has 3 atom stereocenters. The van der Waals surface area contributed by atoms with E-state index in [0.717, 1.165) is 33.5 Å². The van der Waals surface area contributed by atoms with Crippen LogP contribution in [-0.2, 0) is 41.4 Å². The lowest BCUT2D eigenvalue weighted by Gasteiger charge is -2.50. The Hall–Kier alpha value is -4.95. The van der Waals surface area contributed by atoms with E-state index in [1.54, 1.807) is 24.3 Å². The lowest BCUT2D eigenvalue weighted by Crippen LogP contribution is -2.76. The first kappa shape index (κ1) is 32.4. The first-order valence-electron chi connectivity index (χ1n) is 13.4. The van der Waals surface area contributed by atoms with Crippen molar-refractivity contribution in [3.05, 3.63) is 59.4 Å². The fraction of sp³-hybridized carbons (Fsp3) is 0.259. The van der Waals surface area contributed by atoms with E-state index < -0.39 is 59.1 Å². The van der Waals surface area contributed by atoms with Crippen molar-refractivity contribution in [2.24, 2.45) is 10.9 Å². The number of carbonyl (C=O) groups is 3. The Balaban J connectivity index is 1.26. The number of hydrogen-bond donors (Lipinski definition) is 6. The van der Waals surface area contributed by atoms with Crippen LogP contribution in [0, 0.1) is 0 Å². The first-order valence-corrected chi connectivity index (χ1v) is 15.3. The molecule has 1 aliphatic heterocycles. The second kappa shape index (κ2) is 13.2. The highest BCUT2D eigenvalue weighted by Gasteiger charge is 2.57. The molecule has 242 valence electrons. The van der Waals surface area contributed by atoms with Crippen LogP contribution in [-0.4, -0.2) is 81.7 Å². The number of H-pyrrole nitrogens is 1. The Labute approximate surface area is 267 Å². The number of β-lactam (4-membered cyclic amide) rings is 1. The number of carboxylic acids is 1. The Bertz CT molecular complexity index is 1840. The van der Waals surface area contributed by atoms with Gasteiger partial charge in [-0.25, -0.2) is 14.8 Å². The number of hydrogen-bond acceptors (Lipinski definition) is 13. The number of carbonyl (C=O) groups excluding carboxylic acids is 2. The summed E-state index contributed by atoms with van der Waals surface area (Å²) in [5.41, 5.74) is 13.1. The number of carboxylic acid groups (broad SMARTS) is 1. The summed E-state index contributed by atoms with van der Waals surface area (Å²) in [6.07, 6.45) is -1.65. The Kier molecular flexibility index (Phi) is 9.30. The van der Waals surface area contributed by atoms with Gasteiger partial charge in [-0.2, -0.15) is 9.27 Å². The van der Waals surface area contributed by atoms with Crippen molar-refractivity contribution in [2.75, 3.05) is 12.3 Å². The van der Waals surface area contributed by atoms with Crippen molar-refractivity contribution in [3.63, 3.8) is 0 Å². The Morgan fingerprint density at radius 1 is 1.22 bits per heavy atom. The van der Waals surface area contributed by atoms with Crippen LogP contribution in [0.5, 0.6) is 5.75 Å². The molecular weight excluding hydrogens is 644 g/mol. The molecule has 19 heteroatoms. The number of fused-ring (bicyclic) bond motifs is 1. The number of benzene rings is 2. The summed E-state index contributed by atoms with van der Waals surface area (Å²) >= 11 is -1.78. The fourth-order valence-corrected chi connectivity index (χ4v) is 5.45. The molecule has 1 aliphatic rings. The highest BCUT2D eigenvalue weighted by atomic mass is 32.2. The lowest BCUT2D eigenvalue weighted by molar-refractivity contribution is -0.216. The van der Waals surface area contributed by atoms with Gasteiger partial charge >= 0.3 is 17.3 Å². The lowest BCUT2D eigenvalue weighted by atomic mass is 9.84. The van der Waals surface area contributed by atoms with Gasteiger partial charge in [0, 0.05) is 5.38 Å². The number of aliphatic carboxylic acids is 1. The largest absolute Gasteiger partial charge is 0.489 e. The topological polar surface area (TPSA) is 258 Å². The molecule has 0 radical (unpaired) electrons. The number of oxime groups is 1. The summed E-state index contributed by atoms with van der Waals surface area (Å²) < 4.78 is 30.2. The number of amides is 2. The van der Waals surface area contributed by atoms with Gasteiger partial charge in [-0.15, -0.1) is 15.6 Å². The summed E-state index contributed by atoms with van der Waals surface area (Å²) in [6.45, 7) is 2.79. The second-order valence-corrected chi connectivity index (χ2v) is 11.9. The van der Waals surface area contributed by atoms with Crippen molar-refractivity contribution >= 4 is 62.4 Å². The predicted molar refractivity (Wildman–Crippen MR) is 165 cm³/mol. The van der Waals surface area contributed by atoms with Gasteiger partial charge in [-0.1, -0.05) is 23.4 Å². The summed E-state index contributed by atoms with van der Waals surface area (Å²) in [6, 6.07) is 11.5. The minimum Gasteiger partial charge on any atom is -0.489 e. The van der Waals surface area contributed by atoms with Gasteiger partial charge in [0.15, 0.2) is 10.8 Å². The molecule has 2 amide bonds. The molecule has 2 aromatic heterocycles. The molecule has 1 unspecified atom stereocenters. The minimum absolute atomic E-state index is 0.0395. The van der Waals surface area contributed by atoms with Crippen LogP contribution in [0.1, 0.15) is 25.4 Å². The average molecular weight is 673 g/mol. The molecule has 8 N–H and O–H groups in total. The maximum atomic E-state index is 13.2. The fourth-order valence-electron chi connectivity index (χ4n) is 4.51. The zero-order valence-electron chi connectivity index (χ0n) is 24.2. The van der Waals surface area contributed by atoms with Crippen LogP contribution in [0.2, 0.25) is 0 Å². The summed E-state index contributed by atoms with van der Waals surface area (Å²) in [5.74, 6) is -2.15. The van der Waals surface area contributed by atoms with Gasteiger partial charge in [0.05, 0.1) is 23.1 Å². The molecule has 5 rings (SSSR count). The normalized spacial score (nSPS) is 17.3. The van der Waals surface area contributed by atoms with Crippen LogP contribution < -0.4 is 21.5 Å². The smallest absolute Gasteiger partial charge is 0.351 e. The average Bonchev–Trinajstić information content (AvgIpc) is 3.65. The number of hydroxylamine groups is 2. The zero-order valence-corrected chi connectivity index (χ0v) is 25.8. The van der Waals surface area contributed by atoms with E-state index in [1.807, 2.05) is 18.2 Å². The van der Waals surface area contributed by atoms with Gasteiger partial charge < -0.3 is 36.4 Å². The molecule has 46 heavy (non-hydrogen) atoms. The van der Waals surface area contributed by atoms with Crippen molar-refractivity contribution in [1.29, 1.82) is 0 Å². The van der Waals surface area contributed by atoms with E-state index in [-0.39, 0.29) is 10.8 Å². The molecule has 0 saturated carbocycles. The Morgan fingerprint density at radius 3 is 2.54 bits per heavy atom. The van der Waals surface area contributed by atoms with E-state index in [1.165, 1.54) is 19.2 Å². The third kappa shape index (κ3) is 6.82. The van der Waals surface area contributed by atoms with E-state index in [0.29, 0.717) is 23.2 Å². The number of nitrogens with two attached hydrogens (primary N) is 2. The number of aromatic amines is 1. The van der Waals surface area contributed by atoms with E-state index in [9.17, 15) is 23.7 Å². The molecule has 2 aromatic carbocycles. The number of thiazole rings is 1. The molecule has 1 saturated heterocycles. The van der Waals surface area contributed by atoms with Crippen LogP contribution in [0.3, 0.4) is 0 Å². The number of aromatic nitrogens is 3. The van der Waals surface area contributed by atoms with E-state index >= 15 is 0 Å². The highest BCUT2D eigenvalue weighted by molar-refractivity contribution is 7.74. The standard InChI is InChI=1S/C27H28N8O9S2/c1-27(2)22(24(37)35(27)44-46(40)41)33-23(36)21(18-12-45-26(29)32-18)34-43-19(25(38)39)11-42-15-6-3-13(4-7-15)14-5-8-16-17(9-14)31-20(10-28)30-16/h3-9,12,19,22H,10-11,28H2,1-2H3,(H2,29,32)(H,30,31)(H,33,36)(H,38,39)(H,40,41)/b34-21-/t19-,22+/m0/s1. The number of ether oxygens (including phenoxy) is 1.